The summed E-state index contributed by atoms with van der Waals surface area (Å²) in [4.78, 5) is 31.4. The first-order valence-electron chi connectivity index (χ1n) is 12.6. The fourth-order valence-corrected chi connectivity index (χ4v) is 2.29. The lowest BCUT2D eigenvalue weighted by Gasteiger charge is -2.07. The third kappa shape index (κ3) is 31.6. The molecule has 0 saturated heterocycles. The van der Waals surface area contributed by atoms with Crippen LogP contribution in [-0.4, -0.2) is 47.4 Å². The molecule has 204 valence electrons. The van der Waals surface area contributed by atoms with Gasteiger partial charge in [-0.2, -0.15) is 0 Å². The first-order chi connectivity index (χ1) is 16.4. The molecule has 0 fully saturated rings. The van der Waals surface area contributed by atoms with Crippen molar-refractivity contribution < 1.29 is 34.1 Å². The Morgan fingerprint density at radius 1 is 0.686 bits per heavy atom. The van der Waals surface area contributed by atoms with Gasteiger partial charge in [0, 0.05) is 16.7 Å². The molecule has 0 rings (SSSR count). The molecule has 0 aromatic carbocycles. The number of aliphatic hydroxyl groups excluding tert-OH is 1. The highest BCUT2D eigenvalue weighted by molar-refractivity contribution is 5.87. The second-order valence-corrected chi connectivity index (χ2v) is 8.62. The molecule has 0 saturated carbocycles. The normalized spacial score (nSPS) is 10.5. The van der Waals surface area contributed by atoms with E-state index in [1.807, 2.05) is 6.92 Å². The van der Waals surface area contributed by atoms with Crippen molar-refractivity contribution in [2.24, 2.45) is 0 Å². The zero-order valence-electron chi connectivity index (χ0n) is 22.8. The summed E-state index contributed by atoms with van der Waals surface area (Å²) in [7, 11) is 0. The number of carbonyl (C=O) groups is 3. The van der Waals surface area contributed by atoms with E-state index in [4.69, 9.17) is 14.9 Å². The number of ether oxygens (including phenoxy) is 2. The van der Waals surface area contributed by atoms with E-state index >= 15 is 0 Å². The smallest absolute Gasteiger partial charge is 0.333 e. The van der Waals surface area contributed by atoms with Crippen LogP contribution in [0.15, 0.2) is 36.5 Å². The minimum Gasteiger partial charge on any atom is -0.478 e. The van der Waals surface area contributed by atoms with Crippen LogP contribution < -0.4 is 0 Å². The van der Waals surface area contributed by atoms with Gasteiger partial charge in [0.1, 0.15) is 6.61 Å². The highest BCUT2D eigenvalue weighted by Gasteiger charge is 2.06. The van der Waals surface area contributed by atoms with Gasteiger partial charge in [0.2, 0.25) is 0 Å². The minimum atomic E-state index is -0.935. The Balaban J connectivity index is -0.000000509. The molecule has 0 bridgehead atoms. The fourth-order valence-electron chi connectivity index (χ4n) is 2.29. The van der Waals surface area contributed by atoms with Crippen molar-refractivity contribution in [3.63, 3.8) is 0 Å². The third-order valence-electron chi connectivity index (χ3n) is 4.67. The molecule has 0 amide bonds. The number of hydrogen-bond acceptors (Lipinski definition) is 6. The molecule has 35 heavy (non-hydrogen) atoms. The number of aliphatic hydroxyl groups is 1. The second-order valence-electron chi connectivity index (χ2n) is 8.62. The number of unbranched alkanes of at least 4 members (excludes halogenated alkanes) is 9. The van der Waals surface area contributed by atoms with Crippen LogP contribution in [0.1, 0.15) is 105 Å². The van der Waals surface area contributed by atoms with Crippen LogP contribution in [0.25, 0.3) is 0 Å². The predicted molar refractivity (Wildman–Crippen MR) is 142 cm³/mol. The summed E-state index contributed by atoms with van der Waals surface area (Å²) in [6.07, 6.45) is 13.0. The number of esters is 2. The lowest BCUT2D eigenvalue weighted by atomic mass is 10.1. The zero-order valence-corrected chi connectivity index (χ0v) is 22.8. The highest BCUT2D eigenvalue weighted by atomic mass is 16.5. The minimum absolute atomic E-state index is 0.0577. The molecule has 1 unspecified atom stereocenters. The van der Waals surface area contributed by atoms with Crippen LogP contribution in [-0.2, 0) is 23.9 Å². The fraction of sp³-hybridized carbons (Fsp3) is 0.679. The van der Waals surface area contributed by atoms with E-state index in [-0.39, 0.29) is 18.1 Å². The maximum atomic E-state index is 11.1. The summed E-state index contributed by atoms with van der Waals surface area (Å²) >= 11 is 0. The molecule has 0 aliphatic rings. The Bertz CT molecular complexity index is 611. The number of hydrogen-bond donors (Lipinski definition) is 2. The van der Waals surface area contributed by atoms with Gasteiger partial charge in [-0.05, 0) is 33.6 Å². The van der Waals surface area contributed by atoms with E-state index in [1.54, 1.807) is 13.8 Å². The Morgan fingerprint density at radius 3 is 1.40 bits per heavy atom. The topological polar surface area (TPSA) is 110 Å². The number of aliphatic carboxylic acids is 1. The van der Waals surface area contributed by atoms with Crippen molar-refractivity contribution in [3.05, 3.63) is 36.5 Å². The van der Waals surface area contributed by atoms with E-state index < -0.39 is 18.0 Å². The second kappa shape index (κ2) is 26.2. The van der Waals surface area contributed by atoms with Gasteiger partial charge in [-0.25, -0.2) is 14.4 Å². The lowest BCUT2D eigenvalue weighted by Crippen LogP contribution is -2.17. The lowest BCUT2D eigenvalue weighted by molar-refractivity contribution is -0.142. The SMILES string of the molecule is C=C(C)C(=O)O.C=C(C)C(=O)OCC(O)CC.C=C(C)C(=O)OCCCCCCCCCCCC. The van der Waals surface area contributed by atoms with Gasteiger partial charge in [0.25, 0.3) is 0 Å². The van der Waals surface area contributed by atoms with E-state index in [0.29, 0.717) is 24.2 Å². The average molecular weight is 499 g/mol. The summed E-state index contributed by atoms with van der Waals surface area (Å²) in [5.74, 6) is -1.64. The van der Waals surface area contributed by atoms with Crippen LogP contribution in [0.5, 0.6) is 0 Å². The van der Waals surface area contributed by atoms with E-state index in [2.05, 4.69) is 31.4 Å². The highest BCUT2D eigenvalue weighted by Crippen LogP contribution is 2.10. The Labute approximate surface area is 213 Å². The van der Waals surface area contributed by atoms with Crippen LogP contribution in [0, 0.1) is 0 Å². The molecule has 1 atom stereocenters. The Morgan fingerprint density at radius 2 is 1.06 bits per heavy atom. The molecule has 0 heterocycles. The maximum Gasteiger partial charge on any atom is 0.333 e. The van der Waals surface area contributed by atoms with Crippen molar-refractivity contribution in [2.45, 2.75) is 111 Å². The van der Waals surface area contributed by atoms with Gasteiger partial charge in [0.05, 0.1) is 12.7 Å². The van der Waals surface area contributed by atoms with Gasteiger partial charge in [-0.3, -0.25) is 0 Å². The number of carboxylic acid groups (broad SMARTS) is 1. The molecule has 0 aliphatic heterocycles. The molecule has 0 aromatic heterocycles. The number of carboxylic acids is 1. The molecule has 2 N–H and O–H groups in total. The number of rotatable bonds is 17. The molecule has 7 nitrogen and oxygen atoms in total. The van der Waals surface area contributed by atoms with Crippen LogP contribution in [0.3, 0.4) is 0 Å². The molecule has 0 aliphatic carbocycles. The van der Waals surface area contributed by atoms with Gasteiger partial charge in [-0.15, -0.1) is 0 Å². The molecule has 0 spiro atoms. The first kappa shape index (κ1) is 37.1. The van der Waals surface area contributed by atoms with Crippen molar-refractivity contribution >= 4 is 17.9 Å². The average Bonchev–Trinajstić information content (AvgIpc) is 2.81. The summed E-state index contributed by atoms with van der Waals surface area (Å²) in [5.41, 5.74) is 1.02. The van der Waals surface area contributed by atoms with Crippen molar-refractivity contribution in [2.75, 3.05) is 13.2 Å². The van der Waals surface area contributed by atoms with Crippen LogP contribution >= 0.6 is 0 Å². The van der Waals surface area contributed by atoms with Crippen LogP contribution in [0.2, 0.25) is 0 Å². The monoisotopic (exact) mass is 498 g/mol. The standard InChI is InChI=1S/C16H30O2.C8H14O3.C4H6O2/c1-4-5-6-7-8-9-10-11-12-13-14-18-16(17)15(2)3;1-4-7(9)5-11-8(10)6(2)3;1-3(2)4(5)6/h2,4-14H2,1,3H3;7,9H,2,4-5H2,1,3H3;1H2,2H3,(H,5,6). The molecular formula is C28H50O7. The van der Waals surface area contributed by atoms with Gasteiger partial charge in [0.15, 0.2) is 0 Å². The summed E-state index contributed by atoms with van der Waals surface area (Å²) in [5, 5.41) is 16.9. The summed E-state index contributed by atoms with van der Waals surface area (Å²) < 4.78 is 9.70. The van der Waals surface area contributed by atoms with E-state index in [1.165, 1.54) is 64.7 Å². The quantitative estimate of drug-likeness (QED) is 0.133. The molecular weight excluding hydrogens is 448 g/mol. The summed E-state index contributed by atoms with van der Waals surface area (Å²) in [6.45, 7) is 19.5. The Hall–Kier alpha value is -2.41. The molecule has 7 heteroatoms. The number of carbonyl (C=O) groups excluding carboxylic acids is 2. The molecule has 0 aromatic rings. The Kier molecular flexibility index (Phi) is 27.8. The van der Waals surface area contributed by atoms with Crippen molar-refractivity contribution in [1.82, 2.24) is 0 Å². The van der Waals surface area contributed by atoms with Crippen molar-refractivity contribution in [1.29, 1.82) is 0 Å². The van der Waals surface area contributed by atoms with Gasteiger partial charge >= 0.3 is 17.9 Å². The molecule has 0 radical (unpaired) electrons. The van der Waals surface area contributed by atoms with E-state index in [0.717, 1.165) is 6.42 Å². The van der Waals surface area contributed by atoms with Gasteiger partial charge in [-0.1, -0.05) is 91.4 Å². The van der Waals surface area contributed by atoms with Gasteiger partial charge < -0.3 is 19.7 Å². The maximum absolute atomic E-state index is 11.1. The third-order valence-corrected chi connectivity index (χ3v) is 4.67. The first-order valence-corrected chi connectivity index (χ1v) is 12.6. The van der Waals surface area contributed by atoms with Crippen LogP contribution in [0.4, 0.5) is 0 Å². The predicted octanol–water partition coefficient (Wildman–Crippen LogP) is 6.55. The van der Waals surface area contributed by atoms with Crippen molar-refractivity contribution in [3.8, 4) is 0 Å². The van der Waals surface area contributed by atoms with E-state index in [9.17, 15) is 14.4 Å². The largest absolute Gasteiger partial charge is 0.478 e. The summed E-state index contributed by atoms with van der Waals surface area (Å²) in [6, 6.07) is 0. The zero-order chi connectivity index (χ0) is 27.6.